The number of imide groups is 1. The molecule has 3 unspecified atom stereocenters. The molecule has 1 saturated carbocycles. The maximum atomic E-state index is 12.2. The van der Waals surface area contributed by atoms with Crippen LogP contribution in [0, 0.1) is 0 Å². The number of carbonyl (C=O) groups excluding carboxylic acids is 2. The van der Waals surface area contributed by atoms with Gasteiger partial charge in [-0.2, -0.15) is 0 Å². The van der Waals surface area contributed by atoms with Gasteiger partial charge in [0.25, 0.3) is 11.8 Å². The smallest absolute Gasteiger partial charge is 0.261 e. The van der Waals surface area contributed by atoms with E-state index in [9.17, 15) is 9.59 Å². The highest BCUT2D eigenvalue weighted by atomic mass is 16.6. The zero-order valence-corrected chi connectivity index (χ0v) is 9.13. The molecule has 0 spiro atoms. The number of ether oxygens (including phenoxy) is 1. The van der Waals surface area contributed by atoms with Crippen molar-refractivity contribution >= 4 is 11.8 Å². The van der Waals surface area contributed by atoms with Crippen LogP contribution in [0.4, 0.5) is 0 Å². The molecule has 0 aromatic heterocycles. The Kier molecular flexibility index (Phi) is 1.63. The third kappa shape index (κ3) is 1.11. The molecule has 1 saturated heterocycles. The lowest BCUT2D eigenvalue weighted by Crippen LogP contribution is -2.41. The summed E-state index contributed by atoms with van der Waals surface area (Å²) in [7, 11) is 0. The molecule has 3 aliphatic rings. The van der Waals surface area contributed by atoms with Gasteiger partial charge in [0, 0.05) is 0 Å². The third-order valence-electron chi connectivity index (χ3n) is 3.91. The van der Waals surface area contributed by atoms with Gasteiger partial charge in [0.15, 0.2) is 0 Å². The molecule has 2 heterocycles. The highest BCUT2D eigenvalue weighted by Gasteiger charge is 2.56. The molecule has 1 aromatic rings. The second kappa shape index (κ2) is 2.96. The molecule has 4 nitrogen and oxygen atoms in total. The van der Waals surface area contributed by atoms with Gasteiger partial charge in [-0.05, 0) is 25.0 Å². The van der Waals surface area contributed by atoms with Crippen LogP contribution in [0.3, 0.4) is 0 Å². The van der Waals surface area contributed by atoms with Crippen LogP contribution in [-0.2, 0) is 4.74 Å². The SMILES string of the molecule is O=C1c2ccccc2C(=O)N1C1CCC2OC21. The summed E-state index contributed by atoms with van der Waals surface area (Å²) in [5, 5.41) is 0. The van der Waals surface area contributed by atoms with E-state index in [0.717, 1.165) is 12.8 Å². The van der Waals surface area contributed by atoms with Crippen LogP contribution in [0.5, 0.6) is 0 Å². The molecule has 4 rings (SSSR count). The Hall–Kier alpha value is -1.68. The number of fused-ring (bicyclic) bond motifs is 2. The number of benzene rings is 1. The van der Waals surface area contributed by atoms with Crippen LogP contribution < -0.4 is 0 Å². The zero-order chi connectivity index (χ0) is 11.6. The average Bonchev–Trinajstić information content (AvgIpc) is 2.96. The Labute approximate surface area is 98.2 Å². The minimum Gasteiger partial charge on any atom is -0.367 e. The van der Waals surface area contributed by atoms with Crippen molar-refractivity contribution in [2.45, 2.75) is 31.1 Å². The van der Waals surface area contributed by atoms with Crippen molar-refractivity contribution in [1.82, 2.24) is 4.90 Å². The summed E-state index contributed by atoms with van der Waals surface area (Å²) >= 11 is 0. The molecule has 2 aliphatic heterocycles. The lowest BCUT2D eigenvalue weighted by molar-refractivity contribution is 0.0543. The summed E-state index contributed by atoms with van der Waals surface area (Å²) in [5.41, 5.74) is 1.06. The van der Waals surface area contributed by atoms with E-state index in [1.165, 1.54) is 4.90 Å². The Bertz CT molecular complexity index is 504. The molecule has 3 atom stereocenters. The first kappa shape index (κ1) is 9.36. The van der Waals surface area contributed by atoms with Crippen molar-refractivity contribution in [1.29, 1.82) is 0 Å². The molecule has 2 amide bonds. The van der Waals surface area contributed by atoms with Gasteiger partial charge >= 0.3 is 0 Å². The molecule has 17 heavy (non-hydrogen) atoms. The predicted molar refractivity (Wildman–Crippen MR) is 58.6 cm³/mol. The minimum absolute atomic E-state index is 0.0487. The van der Waals surface area contributed by atoms with E-state index in [1.54, 1.807) is 24.3 Å². The maximum absolute atomic E-state index is 12.2. The zero-order valence-electron chi connectivity index (χ0n) is 9.13. The number of hydrogen-bond acceptors (Lipinski definition) is 3. The molecule has 0 bridgehead atoms. The van der Waals surface area contributed by atoms with Gasteiger partial charge in [0.1, 0.15) is 6.10 Å². The van der Waals surface area contributed by atoms with Crippen LogP contribution in [-0.4, -0.2) is 35.0 Å². The van der Waals surface area contributed by atoms with Crippen molar-refractivity contribution < 1.29 is 14.3 Å². The molecular formula is C13H11NO3. The highest BCUT2D eigenvalue weighted by molar-refractivity contribution is 6.21. The number of nitrogens with zero attached hydrogens (tertiary/aromatic N) is 1. The van der Waals surface area contributed by atoms with E-state index in [-0.39, 0.29) is 30.1 Å². The lowest BCUT2D eigenvalue weighted by atomic mass is 10.1. The van der Waals surface area contributed by atoms with E-state index >= 15 is 0 Å². The third-order valence-corrected chi connectivity index (χ3v) is 3.91. The quantitative estimate of drug-likeness (QED) is 0.537. The molecule has 1 aliphatic carbocycles. The van der Waals surface area contributed by atoms with Crippen molar-refractivity contribution in [2.75, 3.05) is 0 Å². The molecule has 1 aromatic carbocycles. The first-order chi connectivity index (χ1) is 8.27. The summed E-state index contributed by atoms with van der Waals surface area (Å²) < 4.78 is 5.43. The molecular weight excluding hydrogens is 218 g/mol. The van der Waals surface area contributed by atoms with Gasteiger partial charge in [0.05, 0.1) is 23.3 Å². The number of rotatable bonds is 1. The Morgan fingerprint density at radius 2 is 1.71 bits per heavy atom. The van der Waals surface area contributed by atoms with Gasteiger partial charge in [0.2, 0.25) is 0 Å². The lowest BCUT2D eigenvalue weighted by Gasteiger charge is -2.22. The fraction of sp³-hybridized carbons (Fsp3) is 0.385. The van der Waals surface area contributed by atoms with Crippen molar-refractivity contribution in [2.24, 2.45) is 0 Å². The van der Waals surface area contributed by atoms with E-state index < -0.39 is 0 Å². The normalized spacial score (nSPS) is 33.9. The van der Waals surface area contributed by atoms with E-state index in [1.807, 2.05) is 0 Å². The number of amides is 2. The minimum atomic E-state index is -0.160. The highest BCUT2D eigenvalue weighted by Crippen LogP contribution is 2.43. The summed E-state index contributed by atoms with van der Waals surface area (Å²) in [6, 6.07) is 6.97. The fourth-order valence-electron chi connectivity index (χ4n) is 3.01. The summed E-state index contributed by atoms with van der Waals surface area (Å²) in [5.74, 6) is -0.321. The predicted octanol–water partition coefficient (Wildman–Crippen LogP) is 1.21. The molecule has 0 radical (unpaired) electrons. The Balaban J connectivity index is 1.75. The van der Waals surface area contributed by atoms with Crippen molar-refractivity contribution in [3.8, 4) is 0 Å². The molecule has 4 heteroatoms. The monoisotopic (exact) mass is 229 g/mol. The van der Waals surface area contributed by atoms with Crippen LogP contribution in [0.1, 0.15) is 33.6 Å². The van der Waals surface area contributed by atoms with Gasteiger partial charge in [-0.25, -0.2) is 0 Å². The molecule has 86 valence electrons. The first-order valence-electron chi connectivity index (χ1n) is 5.90. The van der Waals surface area contributed by atoms with E-state index in [2.05, 4.69) is 0 Å². The molecule has 2 fully saturated rings. The largest absolute Gasteiger partial charge is 0.367 e. The van der Waals surface area contributed by atoms with Crippen LogP contribution in [0.25, 0.3) is 0 Å². The van der Waals surface area contributed by atoms with Gasteiger partial charge < -0.3 is 4.74 Å². The van der Waals surface area contributed by atoms with Crippen molar-refractivity contribution in [3.05, 3.63) is 35.4 Å². The standard InChI is InChI=1S/C13H11NO3/c15-12-7-3-1-2-4-8(7)13(16)14(12)9-5-6-10-11(9)17-10/h1-4,9-11H,5-6H2. The van der Waals surface area contributed by atoms with Gasteiger partial charge in [-0.1, -0.05) is 12.1 Å². The van der Waals surface area contributed by atoms with Gasteiger partial charge in [-0.3, -0.25) is 14.5 Å². The average molecular weight is 229 g/mol. The summed E-state index contributed by atoms with van der Waals surface area (Å²) in [4.78, 5) is 25.8. The van der Waals surface area contributed by atoms with Crippen molar-refractivity contribution in [3.63, 3.8) is 0 Å². The topological polar surface area (TPSA) is 49.9 Å². The van der Waals surface area contributed by atoms with E-state index in [0.29, 0.717) is 11.1 Å². The van der Waals surface area contributed by atoms with Gasteiger partial charge in [-0.15, -0.1) is 0 Å². The summed E-state index contributed by atoms with van der Waals surface area (Å²) in [6.45, 7) is 0. The second-order valence-electron chi connectivity index (χ2n) is 4.81. The molecule has 0 N–H and O–H groups in total. The number of epoxide rings is 1. The van der Waals surface area contributed by atoms with Crippen LogP contribution >= 0.6 is 0 Å². The second-order valence-corrected chi connectivity index (χ2v) is 4.81. The van der Waals surface area contributed by atoms with E-state index in [4.69, 9.17) is 4.74 Å². The number of carbonyl (C=O) groups is 2. The maximum Gasteiger partial charge on any atom is 0.261 e. The Morgan fingerprint density at radius 3 is 2.18 bits per heavy atom. The first-order valence-corrected chi connectivity index (χ1v) is 5.90. The van der Waals surface area contributed by atoms with Crippen LogP contribution in [0.2, 0.25) is 0 Å². The fourth-order valence-corrected chi connectivity index (χ4v) is 3.01. The van der Waals surface area contributed by atoms with Crippen LogP contribution in [0.15, 0.2) is 24.3 Å². The summed E-state index contributed by atoms with van der Waals surface area (Å²) in [6.07, 6.45) is 2.21. The Morgan fingerprint density at radius 1 is 1.06 bits per heavy atom. The number of hydrogen-bond donors (Lipinski definition) is 0.